The molecule has 0 saturated heterocycles. The molecule has 0 aromatic heterocycles. The molecule has 6 heteroatoms. The molecule has 0 unspecified atom stereocenters. The van der Waals surface area contributed by atoms with Crippen LogP contribution in [-0.2, 0) is 9.53 Å². The summed E-state index contributed by atoms with van der Waals surface area (Å²) in [5.74, 6) is -0.818. The molecule has 0 bridgehead atoms. The van der Waals surface area contributed by atoms with Crippen molar-refractivity contribution in [1.29, 1.82) is 0 Å². The summed E-state index contributed by atoms with van der Waals surface area (Å²) in [4.78, 5) is 12.2. The maximum Gasteiger partial charge on any atom is 0.338 e. The summed E-state index contributed by atoms with van der Waals surface area (Å²) in [6.45, 7) is 2.52. The maximum atomic E-state index is 12.2. The molecule has 6 nitrogen and oxygen atoms in total. The van der Waals surface area contributed by atoms with Gasteiger partial charge in [0.25, 0.3) is 0 Å². The molecule has 1 rings (SSSR count). The molecule has 0 aromatic rings. The number of carbonyl (C=O) groups is 1. The van der Waals surface area contributed by atoms with E-state index in [4.69, 9.17) is 4.74 Å². The number of hydrogen-bond donors (Lipinski definition) is 4. The number of unbranched alkanes of at least 4 members (excludes halogenated alkanes) is 23. The van der Waals surface area contributed by atoms with Crippen molar-refractivity contribution in [2.75, 3.05) is 6.61 Å². The Labute approximate surface area is 240 Å². The van der Waals surface area contributed by atoms with Crippen LogP contribution in [-0.4, -0.2) is 56.9 Å². The van der Waals surface area contributed by atoms with E-state index in [1.165, 1.54) is 135 Å². The Morgan fingerprint density at radius 3 is 1.15 bits per heavy atom. The highest BCUT2D eigenvalue weighted by Gasteiger charge is 2.49. The van der Waals surface area contributed by atoms with Crippen molar-refractivity contribution in [3.05, 3.63) is 0 Å². The van der Waals surface area contributed by atoms with Gasteiger partial charge in [0.05, 0.1) is 18.8 Å². The SMILES string of the molecule is CCCCCCCCCCCCCCCCCCCCCCCCCCOC(=O)C1(O)C[C@@H](O)C(O)[C@H](O)C1. The fourth-order valence-corrected chi connectivity index (χ4v) is 5.80. The quantitative estimate of drug-likeness (QED) is 0.0648. The van der Waals surface area contributed by atoms with E-state index < -0.39 is 29.9 Å². The van der Waals surface area contributed by atoms with Gasteiger partial charge in [0.15, 0.2) is 5.60 Å². The van der Waals surface area contributed by atoms with Crippen LogP contribution in [0, 0.1) is 0 Å². The first kappa shape index (κ1) is 36.3. The van der Waals surface area contributed by atoms with E-state index in [0.29, 0.717) is 0 Å². The minimum atomic E-state index is -1.93. The van der Waals surface area contributed by atoms with Crippen molar-refractivity contribution in [3.8, 4) is 0 Å². The average Bonchev–Trinajstić information content (AvgIpc) is 2.91. The first-order valence-electron chi connectivity index (χ1n) is 16.8. The van der Waals surface area contributed by atoms with Crippen molar-refractivity contribution in [2.45, 2.75) is 198 Å². The number of aliphatic hydroxyl groups excluding tert-OH is 3. The number of hydrogen-bond acceptors (Lipinski definition) is 6. The van der Waals surface area contributed by atoms with Crippen LogP contribution >= 0.6 is 0 Å². The number of esters is 1. The van der Waals surface area contributed by atoms with E-state index in [0.717, 1.165) is 19.3 Å². The van der Waals surface area contributed by atoms with E-state index in [1.807, 2.05) is 0 Å². The Balaban J connectivity index is 1.77. The summed E-state index contributed by atoms with van der Waals surface area (Å²) in [6, 6.07) is 0. The molecule has 1 aliphatic rings. The monoisotopic (exact) mass is 556 g/mol. The van der Waals surface area contributed by atoms with Gasteiger partial charge < -0.3 is 25.2 Å². The molecule has 2 atom stereocenters. The van der Waals surface area contributed by atoms with Crippen molar-refractivity contribution in [2.24, 2.45) is 0 Å². The van der Waals surface area contributed by atoms with E-state index in [1.54, 1.807) is 0 Å². The van der Waals surface area contributed by atoms with Crippen LogP contribution in [0.3, 0.4) is 0 Å². The molecule has 0 heterocycles. The smallest absolute Gasteiger partial charge is 0.338 e. The summed E-state index contributed by atoms with van der Waals surface area (Å²) < 4.78 is 5.17. The van der Waals surface area contributed by atoms with E-state index in [2.05, 4.69) is 6.92 Å². The lowest BCUT2D eigenvalue weighted by molar-refractivity contribution is -0.192. The summed E-state index contributed by atoms with van der Waals surface area (Å²) in [5, 5.41) is 39.4. The Morgan fingerprint density at radius 2 is 0.846 bits per heavy atom. The highest BCUT2D eigenvalue weighted by atomic mass is 16.5. The van der Waals surface area contributed by atoms with Crippen LogP contribution in [0.2, 0.25) is 0 Å². The standard InChI is InChI=1S/C33H64O6/c1-2-3-4-5-6-7-8-9-10-11-12-13-14-15-16-17-18-19-20-21-22-23-24-25-26-39-32(37)33(38)27-29(34)31(36)30(35)28-33/h29-31,34-36,38H,2-28H2,1H3/t29-,30-,31?,33?/m1/s1. The van der Waals surface area contributed by atoms with Crippen molar-refractivity contribution >= 4 is 5.97 Å². The highest BCUT2D eigenvalue weighted by molar-refractivity contribution is 5.79. The molecule has 0 aliphatic heterocycles. The van der Waals surface area contributed by atoms with Crippen LogP contribution in [0.5, 0.6) is 0 Å². The lowest BCUT2D eigenvalue weighted by Gasteiger charge is -2.38. The zero-order chi connectivity index (χ0) is 28.6. The maximum absolute atomic E-state index is 12.2. The number of carbonyl (C=O) groups excluding carboxylic acids is 1. The van der Waals surface area contributed by atoms with Crippen LogP contribution in [0.4, 0.5) is 0 Å². The van der Waals surface area contributed by atoms with Gasteiger partial charge in [-0.1, -0.05) is 155 Å². The second-order valence-corrected chi connectivity index (χ2v) is 12.3. The second-order valence-electron chi connectivity index (χ2n) is 12.3. The van der Waals surface area contributed by atoms with Crippen LogP contribution in [0.15, 0.2) is 0 Å². The summed E-state index contributed by atoms with van der Waals surface area (Å²) in [5.41, 5.74) is -1.93. The minimum Gasteiger partial charge on any atom is -0.464 e. The predicted molar refractivity (Wildman–Crippen MR) is 160 cm³/mol. The number of ether oxygens (including phenoxy) is 1. The Kier molecular flexibility index (Phi) is 22.3. The first-order chi connectivity index (χ1) is 18.9. The summed E-state index contributed by atoms with van der Waals surface area (Å²) in [7, 11) is 0. The van der Waals surface area contributed by atoms with Crippen molar-refractivity contribution in [1.82, 2.24) is 0 Å². The van der Waals surface area contributed by atoms with Gasteiger partial charge in [-0.15, -0.1) is 0 Å². The zero-order valence-electron chi connectivity index (χ0n) is 25.4. The fourth-order valence-electron chi connectivity index (χ4n) is 5.80. The lowest BCUT2D eigenvalue weighted by atomic mass is 9.80. The molecule has 39 heavy (non-hydrogen) atoms. The normalized spacial score (nSPS) is 23.3. The molecule has 0 spiro atoms. The van der Waals surface area contributed by atoms with Crippen molar-refractivity contribution < 1.29 is 30.0 Å². The Hall–Kier alpha value is -0.690. The molecule has 4 N–H and O–H groups in total. The van der Waals surface area contributed by atoms with Gasteiger partial charge in [-0.05, 0) is 6.42 Å². The fraction of sp³-hybridized carbons (Fsp3) is 0.970. The Bertz CT molecular complexity index is 556. The Morgan fingerprint density at radius 1 is 0.564 bits per heavy atom. The van der Waals surface area contributed by atoms with Crippen molar-refractivity contribution in [3.63, 3.8) is 0 Å². The summed E-state index contributed by atoms with van der Waals surface area (Å²) >= 11 is 0. The van der Waals surface area contributed by atoms with Gasteiger partial charge >= 0.3 is 5.97 Å². The third-order valence-corrected chi connectivity index (χ3v) is 8.49. The molecule has 0 amide bonds. The van der Waals surface area contributed by atoms with E-state index >= 15 is 0 Å². The summed E-state index contributed by atoms with van der Waals surface area (Å²) in [6.07, 6.45) is 27.4. The zero-order valence-corrected chi connectivity index (χ0v) is 25.4. The van der Waals surface area contributed by atoms with Crippen LogP contribution in [0.25, 0.3) is 0 Å². The van der Waals surface area contributed by atoms with E-state index in [-0.39, 0.29) is 19.4 Å². The molecule has 1 aliphatic carbocycles. The van der Waals surface area contributed by atoms with Gasteiger partial charge in [-0.3, -0.25) is 0 Å². The van der Waals surface area contributed by atoms with Gasteiger partial charge in [-0.2, -0.15) is 0 Å². The first-order valence-corrected chi connectivity index (χ1v) is 16.8. The second kappa shape index (κ2) is 24.0. The largest absolute Gasteiger partial charge is 0.464 e. The number of aliphatic hydroxyl groups is 4. The van der Waals surface area contributed by atoms with Crippen LogP contribution in [0.1, 0.15) is 174 Å². The lowest BCUT2D eigenvalue weighted by Crippen LogP contribution is -2.56. The third kappa shape index (κ3) is 18.4. The van der Waals surface area contributed by atoms with Gasteiger partial charge in [-0.25, -0.2) is 4.79 Å². The molecular weight excluding hydrogens is 492 g/mol. The third-order valence-electron chi connectivity index (χ3n) is 8.49. The molecule has 232 valence electrons. The van der Waals surface area contributed by atoms with Crippen LogP contribution < -0.4 is 0 Å². The number of rotatable bonds is 26. The van der Waals surface area contributed by atoms with Gasteiger partial charge in [0.1, 0.15) is 6.10 Å². The topological polar surface area (TPSA) is 107 Å². The molecule has 0 aromatic carbocycles. The molecule has 1 saturated carbocycles. The molecular formula is C33H64O6. The minimum absolute atomic E-state index is 0.231. The highest BCUT2D eigenvalue weighted by Crippen LogP contribution is 2.30. The molecule has 1 fully saturated rings. The van der Waals surface area contributed by atoms with E-state index in [9.17, 15) is 25.2 Å². The van der Waals surface area contributed by atoms with Gasteiger partial charge in [0, 0.05) is 12.8 Å². The molecule has 0 radical (unpaired) electrons. The van der Waals surface area contributed by atoms with Gasteiger partial charge in [0.2, 0.25) is 0 Å². The predicted octanol–water partition coefficient (Wildman–Crippen LogP) is 7.52. The average molecular weight is 557 g/mol.